The molecule has 0 radical (unpaired) electrons. The average Bonchev–Trinajstić information content (AvgIpc) is 3.32. The summed E-state index contributed by atoms with van der Waals surface area (Å²) in [7, 11) is 0. The summed E-state index contributed by atoms with van der Waals surface area (Å²) in [6.45, 7) is 9.07. The van der Waals surface area contributed by atoms with Crippen LogP contribution in [0, 0.1) is 0 Å². The van der Waals surface area contributed by atoms with Crippen molar-refractivity contribution in [1.29, 1.82) is 0 Å². The number of hydrogen-bond donors (Lipinski definition) is 0. The third-order valence-corrected chi connectivity index (χ3v) is 7.45. The van der Waals surface area contributed by atoms with Crippen molar-refractivity contribution in [3.8, 4) is 16.9 Å². The van der Waals surface area contributed by atoms with Crippen molar-refractivity contribution in [2.24, 2.45) is 0 Å². The van der Waals surface area contributed by atoms with E-state index in [0.29, 0.717) is 13.1 Å². The highest BCUT2D eigenvalue weighted by Crippen LogP contribution is 2.31. The van der Waals surface area contributed by atoms with Gasteiger partial charge in [0.15, 0.2) is 0 Å². The van der Waals surface area contributed by atoms with E-state index >= 15 is 0 Å². The van der Waals surface area contributed by atoms with Gasteiger partial charge in [0.2, 0.25) is 0 Å². The van der Waals surface area contributed by atoms with E-state index < -0.39 is 0 Å². The van der Waals surface area contributed by atoms with Crippen LogP contribution in [0.15, 0.2) is 60.9 Å². The number of carbonyl (C=O) groups excluding carboxylic acids is 1. The number of piperazine rings is 1. The van der Waals surface area contributed by atoms with Gasteiger partial charge in [0.05, 0.1) is 11.5 Å². The predicted molar refractivity (Wildman–Crippen MR) is 143 cm³/mol. The number of ether oxygens (including phenoxy) is 1. The zero-order valence-electron chi connectivity index (χ0n) is 20.4. The highest BCUT2D eigenvalue weighted by atomic mass is 32.1. The Balaban J connectivity index is 1.23. The molecule has 4 aromatic rings. The van der Waals surface area contributed by atoms with Crippen LogP contribution in [0.2, 0.25) is 0 Å². The number of aromatic nitrogens is 2. The van der Waals surface area contributed by atoms with Gasteiger partial charge in [-0.3, -0.25) is 4.79 Å². The number of anilines is 1. The molecule has 0 bridgehead atoms. The first kappa shape index (κ1) is 23.3. The number of hydrogen-bond acceptors (Lipinski definition) is 6. The summed E-state index contributed by atoms with van der Waals surface area (Å²) < 4.78 is 5.73. The van der Waals surface area contributed by atoms with Gasteiger partial charge in [-0.25, -0.2) is 9.97 Å². The molecule has 0 aliphatic carbocycles. The minimum absolute atomic E-state index is 0.0773. The molecule has 1 aliphatic rings. The number of carbonyl (C=O) groups is 1. The molecule has 0 atom stereocenters. The summed E-state index contributed by atoms with van der Waals surface area (Å²) >= 11 is 1.73. The largest absolute Gasteiger partial charge is 0.491 e. The number of fused-ring (bicyclic) bond motifs is 1. The first-order valence-corrected chi connectivity index (χ1v) is 13.0. The zero-order valence-corrected chi connectivity index (χ0v) is 21.2. The Morgan fingerprint density at radius 1 is 0.971 bits per heavy atom. The smallest absolute Gasteiger partial charge is 0.253 e. The Hall–Kier alpha value is -3.45. The van der Waals surface area contributed by atoms with Crippen LogP contribution in [0.25, 0.3) is 21.3 Å². The van der Waals surface area contributed by atoms with Gasteiger partial charge < -0.3 is 14.5 Å². The summed E-state index contributed by atoms with van der Waals surface area (Å²) in [6.07, 6.45) is 2.80. The van der Waals surface area contributed by atoms with Crippen LogP contribution in [0.5, 0.6) is 5.75 Å². The van der Waals surface area contributed by atoms with Crippen LogP contribution in [0.1, 0.15) is 36.0 Å². The molecule has 0 spiro atoms. The fourth-order valence-corrected chi connectivity index (χ4v) is 5.36. The molecule has 0 saturated carbocycles. The maximum Gasteiger partial charge on any atom is 0.253 e. The van der Waals surface area contributed by atoms with Gasteiger partial charge in [-0.2, -0.15) is 0 Å². The van der Waals surface area contributed by atoms with Crippen molar-refractivity contribution >= 4 is 33.3 Å². The molecular weight excluding hydrogens is 456 g/mol. The van der Waals surface area contributed by atoms with E-state index in [9.17, 15) is 4.79 Å². The Morgan fingerprint density at radius 3 is 2.26 bits per heavy atom. The topological polar surface area (TPSA) is 58.6 Å². The van der Waals surface area contributed by atoms with Crippen LogP contribution in [0.4, 0.5) is 5.82 Å². The molecule has 6 nitrogen and oxygen atoms in total. The molecule has 1 fully saturated rings. The van der Waals surface area contributed by atoms with Crippen molar-refractivity contribution in [3.63, 3.8) is 0 Å². The van der Waals surface area contributed by atoms with Crippen LogP contribution < -0.4 is 9.64 Å². The number of nitrogens with zero attached hydrogens (tertiary/aromatic N) is 4. The lowest BCUT2D eigenvalue weighted by molar-refractivity contribution is 0.0746. The highest BCUT2D eigenvalue weighted by Gasteiger charge is 2.24. The molecule has 7 heteroatoms. The molecule has 5 rings (SSSR count). The maximum absolute atomic E-state index is 13.2. The Kier molecular flexibility index (Phi) is 6.68. The second-order valence-corrected chi connectivity index (χ2v) is 10.1. The first-order chi connectivity index (χ1) is 17.0. The van der Waals surface area contributed by atoms with E-state index in [1.165, 1.54) is 4.88 Å². The first-order valence-electron chi connectivity index (χ1n) is 12.2. The molecule has 35 heavy (non-hydrogen) atoms. The van der Waals surface area contributed by atoms with E-state index in [-0.39, 0.29) is 12.0 Å². The van der Waals surface area contributed by atoms with Crippen LogP contribution in [0.3, 0.4) is 0 Å². The summed E-state index contributed by atoms with van der Waals surface area (Å²) in [6, 6.07) is 18.2. The minimum atomic E-state index is 0.0773. The van der Waals surface area contributed by atoms with Crippen molar-refractivity contribution in [1.82, 2.24) is 14.9 Å². The summed E-state index contributed by atoms with van der Waals surface area (Å²) in [5, 5.41) is 1.12. The fourth-order valence-electron chi connectivity index (χ4n) is 4.43. The van der Waals surface area contributed by atoms with Crippen molar-refractivity contribution in [3.05, 3.63) is 71.4 Å². The molecule has 0 unspecified atom stereocenters. The second-order valence-electron chi connectivity index (χ2n) is 9.03. The van der Waals surface area contributed by atoms with E-state index in [2.05, 4.69) is 40.0 Å². The fraction of sp³-hybridized carbons (Fsp3) is 0.321. The van der Waals surface area contributed by atoms with Crippen molar-refractivity contribution in [2.75, 3.05) is 31.1 Å². The Morgan fingerprint density at radius 2 is 1.63 bits per heavy atom. The van der Waals surface area contributed by atoms with Gasteiger partial charge in [-0.05, 0) is 61.7 Å². The van der Waals surface area contributed by atoms with Crippen molar-refractivity contribution < 1.29 is 9.53 Å². The lowest BCUT2D eigenvalue weighted by atomic mass is 10.0. The van der Waals surface area contributed by atoms with Gasteiger partial charge in [0, 0.05) is 36.6 Å². The summed E-state index contributed by atoms with van der Waals surface area (Å²) in [4.78, 5) is 28.7. The molecule has 1 saturated heterocycles. The van der Waals surface area contributed by atoms with Gasteiger partial charge in [0.1, 0.15) is 22.7 Å². The molecular formula is C28H30N4O2S. The lowest BCUT2D eigenvalue weighted by Crippen LogP contribution is -2.49. The molecule has 1 amide bonds. The maximum atomic E-state index is 13.2. The minimum Gasteiger partial charge on any atom is -0.491 e. The number of thiophene rings is 1. The molecule has 3 heterocycles. The monoisotopic (exact) mass is 486 g/mol. The lowest BCUT2D eigenvalue weighted by Gasteiger charge is -2.35. The van der Waals surface area contributed by atoms with Crippen LogP contribution in [-0.4, -0.2) is 53.1 Å². The highest BCUT2D eigenvalue weighted by molar-refractivity contribution is 7.18. The third kappa shape index (κ3) is 5.00. The molecule has 2 aromatic carbocycles. The molecule has 1 aliphatic heterocycles. The molecule has 0 N–H and O–H groups in total. The van der Waals surface area contributed by atoms with Crippen molar-refractivity contribution in [2.45, 2.75) is 33.3 Å². The van der Waals surface area contributed by atoms with E-state index in [1.807, 2.05) is 55.1 Å². The predicted octanol–water partition coefficient (Wildman–Crippen LogP) is 5.67. The number of benzene rings is 2. The number of amides is 1. The standard InChI is InChI=1S/C28H30N4O2S/c1-4-24-17-25-26(29-18-30-27(25)35-24)31-13-15-32(16-14-31)28(33)22-7-5-20(6-8-22)21-9-11-23(12-10-21)34-19(2)3/h5-12,17-19H,4,13-16H2,1-3H3. The third-order valence-electron chi connectivity index (χ3n) is 6.27. The number of aryl methyl sites for hydroxylation is 1. The quantitative estimate of drug-likeness (QED) is 0.351. The average molecular weight is 487 g/mol. The van der Waals surface area contributed by atoms with Gasteiger partial charge in [-0.1, -0.05) is 31.2 Å². The molecule has 2 aromatic heterocycles. The molecule has 180 valence electrons. The zero-order chi connectivity index (χ0) is 24.4. The van der Waals surface area contributed by atoms with Gasteiger partial charge >= 0.3 is 0 Å². The van der Waals surface area contributed by atoms with E-state index in [0.717, 1.165) is 58.0 Å². The Labute approximate surface area is 210 Å². The van der Waals surface area contributed by atoms with Gasteiger partial charge in [-0.15, -0.1) is 11.3 Å². The SMILES string of the molecule is CCc1cc2c(N3CCN(C(=O)c4ccc(-c5ccc(OC(C)C)cc5)cc4)CC3)ncnc2s1. The normalized spacial score (nSPS) is 14.1. The van der Waals surface area contributed by atoms with E-state index in [1.54, 1.807) is 17.7 Å². The summed E-state index contributed by atoms with van der Waals surface area (Å²) in [5.74, 6) is 1.92. The number of rotatable bonds is 6. The van der Waals surface area contributed by atoms with E-state index in [4.69, 9.17) is 4.74 Å². The van der Waals surface area contributed by atoms with Gasteiger partial charge in [0.25, 0.3) is 5.91 Å². The second kappa shape index (κ2) is 10.0. The Bertz CT molecular complexity index is 1310. The van der Waals surface area contributed by atoms with Crippen LogP contribution in [-0.2, 0) is 6.42 Å². The summed E-state index contributed by atoms with van der Waals surface area (Å²) in [5.41, 5.74) is 2.90. The van der Waals surface area contributed by atoms with Crippen LogP contribution >= 0.6 is 11.3 Å².